The van der Waals surface area contributed by atoms with E-state index in [0.717, 1.165) is 23.3 Å². The van der Waals surface area contributed by atoms with Gasteiger partial charge >= 0.3 is 0 Å². The van der Waals surface area contributed by atoms with Crippen molar-refractivity contribution < 1.29 is 4.42 Å². The maximum atomic E-state index is 5.65. The number of hydrogen-bond acceptors (Lipinski definition) is 3. The number of rotatable bonds is 5. The topological polar surface area (TPSA) is 51.2 Å². The van der Waals surface area contributed by atoms with Crippen LogP contribution in [0.2, 0.25) is 0 Å². The van der Waals surface area contributed by atoms with Crippen molar-refractivity contribution >= 4 is 0 Å². The van der Waals surface area contributed by atoms with E-state index in [2.05, 4.69) is 36.6 Å². The van der Waals surface area contributed by atoms with E-state index in [1.54, 1.807) is 6.26 Å². The Morgan fingerprint density at radius 3 is 2.44 bits per heavy atom. The second-order valence-electron chi connectivity index (χ2n) is 4.58. The lowest BCUT2D eigenvalue weighted by atomic mass is 9.99. The van der Waals surface area contributed by atoms with E-state index in [1.807, 2.05) is 13.0 Å². The fraction of sp³-hybridized carbons (Fsp3) is 0.333. The van der Waals surface area contributed by atoms with Gasteiger partial charge in [0.15, 0.2) is 0 Å². The molecule has 0 aliphatic rings. The predicted octanol–water partition coefficient (Wildman–Crippen LogP) is 3.09. The van der Waals surface area contributed by atoms with E-state index < -0.39 is 0 Å². The molecule has 0 spiro atoms. The summed E-state index contributed by atoms with van der Waals surface area (Å²) in [7, 11) is 0. The molecule has 1 atom stereocenters. The Kier molecular flexibility index (Phi) is 4.18. The van der Waals surface area contributed by atoms with Crippen LogP contribution in [0.1, 0.15) is 41.8 Å². The van der Waals surface area contributed by atoms with Crippen LogP contribution in [0.15, 0.2) is 41.0 Å². The van der Waals surface area contributed by atoms with Gasteiger partial charge in [0, 0.05) is 5.56 Å². The van der Waals surface area contributed by atoms with Gasteiger partial charge in [0.1, 0.15) is 5.76 Å². The Morgan fingerprint density at radius 1 is 1.22 bits per heavy atom. The largest absolute Gasteiger partial charge is 0.469 e. The van der Waals surface area contributed by atoms with Crippen molar-refractivity contribution in [2.24, 2.45) is 5.84 Å². The van der Waals surface area contributed by atoms with Gasteiger partial charge in [-0.15, -0.1) is 0 Å². The predicted molar refractivity (Wildman–Crippen MR) is 73.0 cm³/mol. The zero-order valence-corrected chi connectivity index (χ0v) is 10.9. The van der Waals surface area contributed by atoms with Crippen LogP contribution < -0.4 is 11.3 Å². The molecule has 0 bridgehead atoms. The number of furan rings is 1. The summed E-state index contributed by atoms with van der Waals surface area (Å²) in [4.78, 5) is 0. The SMILES string of the molecule is CCCc1ccc(C(NN)c2coc(C)c2)cc1. The molecule has 0 radical (unpaired) electrons. The number of nitrogens with two attached hydrogens (primary N) is 1. The summed E-state index contributed by atoms with van der Waals surface area (Å²) in [6, 6.07) is 10.6. The fourth-order valence-corrected chi connectivity index (χ4v) is 2.17. The molecule has 18 heavy (non-hydrogen) atoms. The maximum Gasteiger partial charge on any atom is 0.101 e. The molecule has 96 valence electrons. The lowest BCUT2D eigenvalue weighted by Crippen LogP contribution is -2.28. The minimum atomic E-state index is -0.0156. The van der Waals surface area contributed by atoms with Crippen LogP contribution in [0.25, 0.3) is 0 Å². The van der Waals surface area contributed by atoms with Gasteiger partial charge in [-0.1, -0.05) is 37.6 Å². The summed E-state index contributed by atoms with van der Waals surface area (Å²) >= 11 is 0. The van der Waals surface area contributed by atoms with Crippen molar-refractivity contribution in [1.82, 2.24) is 5.43 Å². The first kappa shape index (κ1) is 12.9. The third-order valence-corrected chi connectivity index (χ3v) is 3.10. The fourth-order valence-electron chi connectivity index (χ4n) is 2.17. The summed E-state index contributed by atoms with van der Waals surface area (Å²) < 4.78 is 5.34. The van der Waals surface area contributed by atoms with E-state index >= 15 is 0 Å². The second-order valence-corrected chi connectivity index (χ2v) is 4.58. The van der Waals surface area contributed by atoms with Gasteiger partial charge in [0.25, 0.3) is 0 Å². The molecular weight excluding hydrogens is 224 g/mol. The molecule has 2 aromatic rings. The van der Waals surface area contributed by atoms with E-state index in [1.165, 1.54) is 12.0 Å². The average molecular weight is 244 g/mol. The zero-order chi connectivity index (χ0) is 13.0. The highest BCUT2D eigenvalue weighted by Crippen LogP contribution is 2.23. The summed E-state index contributed by atoms with van der Waals surface area (Å²) in [5.41, 5.74) is 6.41. The summed E-state index contributed by atoms with van der Waals surface area (Å²) in [5.74, 6) is 6.55. The van der Waals surface area contributed by atoms with Gasteiger partial charge in [0.2, 0.25) is 0 Å². The highest BCUT2D eigenvalue weighted by molar-refractivity contribution is 5.32. The van der Waals surface area contributed by atoms with Crippen molar-refractivity contribution in [3.05, 3.63) is 59.0 Å². The molecule has 3 heteroatoms. The van der Waals surface area contributed by atoms with E-state index in [0.29, 0.717) is 0 Å². The van der Waals surface area contributed by atoms with Crippen molar-refractivity contribution in [2.75, 3.05) is 0 Å². The number of hydrogen-bond donors (Lipinski definition) is 2. The number of aryl methyl sites for hydroxylation is 2. The van der Waals surface area contributed by atoms with Crippen molar-refractivity contribution in [2.45, 2.75) is 32.7 Å². The molecule has 1 heterocycles. The highest BCUT2D eigenvalue weighted by atomic mass is 16.3. The smallest absolute Gasteiger partial charge is 0.101 e. The first-order valence-corrected chi connectivity index (χ1v) is 6.34. The molecular formula is C15H20N2O. The van der Waals surface area contributed by atoms with Crippen LogP contribution >= 0.6 is 0 Å². The lowest BCUT2D eigenvalue weighted by molar-refractivity contribution is 0.525. The molecule has 0 aliphatic carbocycles. The maximum absolute atomic E-state index is 5.65. The van der Waals surface area contributed by atoms with Gasteiger partial charge in [0.05, 0.1) is 12.3 Å². The van der Waals surface area contributed by atoms with Crippen LogP contribution in [-0.2, 0) is 6.42 Å². The minimum Gasteiger partial charge on any atom is -0.469 e. The van der Waals surface area contributed by atoms with Crippen LogP contribution in [0.4, 0.5) is 0 Å². The molecule has 0 amide bonds. The minimum absolute atomic E-state index is 0.0156. The van der Waals surface area contributed by atoms with E-state index in [9.17, 15) is 0 Å². The average Bonchev–Trinajstić information content (AvgIpc) is 2.79. The molecule has 0 saturated heterocycles. The number of benzene rings is 1. The monoisotopic (exact) mass is 244 g/mol. The summed E-state index contributed by atoms with van der Waals surface area (Å²) in [5, 5.41) is 0. The quantitative estimate of drug-likeness (QED) is 0.627. The Hall–Kier alpha value is -1.58. The molecule has 1 unspecified atom stereocenters. The standard InChI is InChI=1S/C15H20N2O/c1-3-4-12-5-7-13(8-6-12)15(17-16)14-9-11(2)18-10-14/h5-10,15,17H,3-4,16H2,1-2H3. The van der Waals surface area contributed by atoms with Crippen LogP contribution in [-0.4, -0.2) is 0 Å². The van der Waals surface area contributed by atoms with Crippen LogP contribution in [0.5, 0.6) is 0 Å². The van der Waals surface area contributed by atoms with Gasteiger partial charge in [-0.3, -0.25) is 5.84 Å². The summed E-state index contributed by atoms with van der Waals surface area (Å²) in [6.45, 7) is 4.12. The first-order chi connectivity index (χ1) is 8.74. The first-order valence-electron chi connectivity index (χ1n) is 6.34. The van der Waals surface area contributed by atoms with E-state index in [4.69, 9.17) is 10.3 Å². The van der Waals surface area contributed by atoms with Crippen molar-refractivity contribution in [3.63, 3.8) is 0 Å². The highest BCUT2D eigenvalue weighted by Gasteiger charge is 2.14. The molecule has 3 N–H and O–H groups in total. The molecule has 0 fully saturated rings. The molecule has 2 rings (SSSR count). The Balaban J connectivity index is 2.22. The van der Waals surface area contributed by atoms with Gasteiger partial charge in [-0.05, 0) is 30.5 Å². The normalized spacial score (nSPS) is 12.6. The van der Waals surface area contributed by atoms with Crippen LogP contribution in [0, 0.1) is 6.92 Å². The third kappa shape index (κ3) is 2.81. The Bertz CT molecular complexity index is 487. The van der Waals surface area contributed by atoms with Crippen molar-refractivity contribution in [3.8, 4) is 0 Å². The molecule has 0 saturated carbocycles. The molecule has 3 nitrogen and oxygen atoms in total. The molecule has 1 aromatic carbocycles. The van der Waals surface area contributed by atoms with Crippen LogP contribution in [0.3, 0.4) is 0 Å². The van der Waals surface area contributed by atoms with E-state index in [-0.39, 0.29) is 6.04 Å². The third-order valence-electron chi connectivity index (χ3n) is 3.10. The Labute approximate surface area is 108 Å². The van der Waals surface area contributed by atoms with Gasteiger partial charge in [-0.2, -0.15) is 0 Å². The number of nitrogens with one attached hydrogen (secondary N) is 1. The summed E-state index contributed by atoms with van der Waals surface area (Å²) in [6.07, 6.45) is 4.03. The zero-order valence-electron chi connectivity index (χ0n) is 10.9. The van der Waals surface area contributed by atoms with Crippen molar-refractivity contribution in [1.29, 1.82) is 0 Å². The van der Waals surface area contributed by atoms with Gasteiger partial charge in [-0.25, -0.2) is 5.43 Å². The molecule has 1 aromatic heterocycles. The second kappa shape index (κ2) is 5.85. The number of hydrazine groups is 1. The van der Waals surface area contributed by atoms with Gasteiger partial charge < -0.3 is 4.42 Å². The molecule has 0 aliphatic heterocycles. The Morgan fingerprint density at radius 2 is 1.94 bits per heavy atom. The lowest BCUT2D eigenvalue weighted by Gasteiger charge is -2.15.